The third-order valence-corrected chi connectivity index (χ3v) is 11.7. The number of halogens is 1. The highest BCUT2D eigenvalue weighted by molar-refractivity contribution is 7.95. The van der Waals surface area contributed by atoms with Crippen LogP contribution in [0.4, 0.5) is 0 Å². The van der Waals surface area contributed by atoms with Crippen molar-refractivity contribution < 1.29 is 5.11 Å². The van der Waals surface area contributed by atoms with Crippen molar-refractivity contribution >= 4 is 34.8 Å². The second kappa shape index (κ2) is 14.0. The van der Waals surface area contributed by atoms with E-state index in [1.807, 2.05) is 30.3 Å². The molecule has 0 aliphatic heterocycles. The van der Waals surface area contributed by atoms with Gasteiger partial charge in [-0.1, -0.05) is 138 Å². The lowest BCUT2D eigenvalue weighted by Gasteiger charge is -2.27. The molecule has 0 amide bonds. The molecule has 0 saturated carbocycles. The van der Waals surface area contributed by atoms with Crippen LogP contribution in [0.1, 0.15) is 16.7 Å². The van der Waals surface area contributed by atoms with Crippen LogP contribution in [0, 0.1) is 0 Å². The zero-order valence-corrected chi connectivity index (χ0v) is 24.5. The van der Waals surface area contributed by atoms with Crippen LogP contribution in [0.2, 0.25) is 5.02 Å². The van der Waals surface area contributed by atoms with Crippen LogP contribution in [-0.2, 0) is 12.6 Å². The lowest BCUT2D eigenvalue weighted by atomic mass is 10.0. The Morgan fingerprint density at radius 3 is 1.29 bits per heavy atom. The van der Waals surface area contributed by atoms with E-state index in [1.165, 1.54) is 27.5 Å². The fourth-order valence-electron chi connectivity index (χ4n) is 5.13. The molecule has 3 heteroatoms. The quantitative estimate of drug-likeness (QED) is 0.177. The summed E-state index contributed by atoms with van der Waals surface area (Å²) in [5.41, 5.74) is 3.25. The van der Waals surface area contributed by atoms with Gasteiger partial charge in [0.05, 0.1) is 6.16 Å². The fraction of sp³-hybridized carbons (Fsp3) is 0.0526. The van der Waals surface area contributed by atoms with Crippen molar-refractivity contribution in [2.24, 2.45) is 0 Å². The lowest BCUT2D eigenvalue weighted by molar-refractivity contribution is -0.269. The summed E-state index contributed by atoms with van der Waals surface area (Å²) >= 11 is 5.84. The van der Waals surface area contributed by atoms with Crippen molar-refractivity contribution in [2.75, 3.05) is 0 Å². The number of rotatable bonds is 7. The van der Waals surface area contributed by atoms with E-state index in [-0.39, 0.29) is 5.75 Å². The van der Waals surface area contributed by atoms with Gasteiger partial charge in [0.25, 0.3) is 0 Å². The molecule has 1 nitrogen and oxygen atoms in total. The van der Waals surface area contributed by atoms with Crippen LogP contribution in [0.3, 0.4) is 0 Å². The zero-order chi connectivity index (χ0) is 28.3. The Labute approximate surface area is 249 Å². The second-order valence-corrected chi connectivity index (χ2v) is 13.8. The SMILES string of the molecule is [O-]c1ccc(Cl)cc1Cc1ccccc1.c1ccc(C[P+](c2ccccc2)(c2ccccc2)c2ccccc2)cc1. The average molecular weight is 571 g/mol. The van der Waals surface area contributed by atoms with Gasteiger partial charge < -0.3 is 5.11 Å². The summed E-state index contributed by atoms with van der Waals surface area (Å²) in [6.45, 7) is 0. The van der Waals surface area contributed by atoms with Gasteiger partial charge in [-0.15, -0.1) is 5.75 Å². The maximum Gasteiger partial charge on any atom is 0.116 e. The maximum absolute atomic E-state index is 11.5. The van der Waals surface area contributed by atoms with Crippen molar-refractivity contribution in [1.29, 1.82) is 0 Å². The van der Waals surface area contributed by atoms with Crippen molar-refractivity contribution in [3.8, 4) is 5.75 Å². The normalized spacial score (nSPS) is 10.9. The summed E-state index contributed by atoms with van der Waals surface area (Å²) in [6.07, 6.45) is 1.67. The summed E-state index contributed by atoms with van der Waals surface area (Å²) in [7, 11) is -1.78. The summed E-state index contributed by atoms with van der Waals surface area (Å²) in [5.74, 6) is 0.0447. The molecule has 0 spiro atoms. The molecular weight excluding hydrogens is 539 g/mol. The van der Waals surface area contributed by atoms with Gasteiger partial charge in [-0.25, -0.2) is 0 Å². The Balaban J connectivity index is 0.000000191. The number of benzene rings is 6. The molecular formula is C38H32ClOP. The van der Waals surface area contributed by atoms with E-state index in [0.29, 0.717) is 11.4 Å². The highest BCUT2D eigenvalue weighted by Gasteiger charge is 2.45. The first-order chi connectivity index (χ1) is 20.1. The minimum atomic E-state index is -1.78. The van der Waals surface area contributed by atoms with Crippen LogP contribution in [-0.4, -0.2) is 0 Å². The van der Waals surface area contributed by atoms with Crippen LogP contribution in [0.15, 0.2) is 170 Å². The van der Waals surface area contributed by atoms with Gasteiger partial charge in [0.15, 0.2) is 0 Å². The van der Waals surface area contributed by atoms with Gasteiger partial charge in [-0.05, 0) is 66.1 Å². The van der Waals surface area contributed by atoms with Gasteiger partial charge in [-0.3, -0.25) is 0 Å². The van der Waals surface area contributed by atoms with Crippen LogP contribution < -0.4 is 21.0 Å². The van der Waals surface area contributed by atoms with Crippen molar-refractivity contribution in [3.63, 3.8) is 0 Å². The lowest BCUT2D eigenvalue weighted by Crippen LogP contribution is -2.32. The van der Waals surface area contributed by atoms with Crippen LogP contribution in [0.25, 0.3) is 0 Å². The third-order valence-electron chi connectivity index (χ3n) is 7.11. The molecule has 0 N–H and O–H groups in total. The molecule has 6 rings (SSSR count). The van der Waals surface area contributed by atoms with E-state index in [2.05, 4.69) is 121 Å². The Bertz CT molecular complexity index is 1530. The van der Waals surface area contributed by atoms with E-state index >= 15 is 0 Å². The Kier molecular flexibility index (Phi) is 9.65. The molecule has 0 heterocycles. The van der Waals surface area contributed by atoms with Gasteiger partial charge in [-0.2, -0.15) is 0 Å². The molecule has 0 aliphatic rings. The predicted octanol–water partition coefficient (Wildman–Crippen LogP) is 8.19. The summed E-state index contributed by atoms with van der Waals surface area (Å²) in [6, 6.07) is 58.8. The van der Waals surface area contributed by atoms with Crippen LogP contribution >= 0.6 is 18.9 Å². The molecule has 41 heavy (non-hydrogen) atoms. The molecule has 0 atom stereocenters. The molecule has 6 aromatic rings. The van der Waals surface area contributed by atoms with Crippen molar-refractivity contribution in [3.05, 3.63) is 192 Å². The molecule has 0 aliphatic carbocycles. The van der Waals surface area contributed by atoms with Gasteiger partial charge in [0.2, 0.25) is 0 Å². The highest BCUT2D eigenvalue weighted by Crippen LogP contribution is 2.58. The zero-order valence-electron chi connectivity index (χ0n) is 22.8. The summed E-state index contributed by atoms with van der Waals surface area (Å²) in [4.78, 5) is 0. The minimum absolute atomic E-state index is 0.0447. The monoisotopic (exact) mass is 570 g/mol. The first-order valence-electron chi connectivity index (χ1n) is 13.7. The second-order valence-electron chi connectivity index (χ2n) is 9.87. The van der Waals surface area contributed by atoms with Crippen molar-refractivity contribution in [1.82, 2.24) is 0 Å². The van der Waals surface area contributed by atoms with E-state index in [9.17, 15) is 5.11 Å². The largest absolute Gasteiger partial charge is 0.872 e. The molecule has 6 aromatic carbocycles. The topological polar surface area (TPSA) is 23.1 Å². The summed E-state index contributed by atoms with van der Waals surface area (Å²) in [5, 5.41) is 16.4. The number of hydrogen-bond acceptors (Lipinski definition) is 1. The smallest absolute Gasteiger partial charge is 0.116 e. The fourth-order valence-corrected chi connectivity index (χ4v) is 9.57. The van der Waals surface area contributed by atoms with Crippen molar-refractivity contribution in [2.45, 2.75) is 12.6 Å². The van der Waals surface area contributed by atoms with E-state index in [0.717, 1.165) is 17.3 Å². The third kappa shape index (κ3) is 7.14. The number of hydrogen-bond donors (Lipinski definition) is 0. The molecule has 0 unspecified atom stereocenters. The Morgan fingerprint density at radius 2 is 0.854 bits per heavy atom. The van der Waals surface area contributed by atoms with Gasteiger partial charge in [0, 0.05) is 5.02 Å². The molecule has 0 fully saturated rings. The first kappa shape index (κ1) is 28.4. The predicted molar refractivity (Wildman–Crippen MR) is 175 cm³/mol. The summed E-state index contributed by atoms with van der Waals surface area (Å²) < 4.78 is 0. The average Bonchev–Trinajstić information content (AvgIpc) is 3.04. The van der Waals surface area contributed by atoms with E-state index in [4.69, 9.17) is 11.6 Å². The van der Waals surface area contributed by atoms with Crippen LogP contribution in [0.5, 0.6) is 5.75 Å². The van der Waals surface area contributed by atoms with Gasteiger partial charge in [0.1, 0.15) is 23.2 Å². The Morgan fingerprint density at radius 1 is 0.463 bits per heavy atom. The van der Waals surface area contributed by atoms with Gasteiger partial charge >= 0.3 is 0 Å². The standard InChI is InChI=1S/C25H22P.C13H11ClO/c1-5-13-22(14-6-1)21-26(23-15-7-2-8-16-23,24-17-9-3-10-18-24)25-19-11-4-12-20-25;14-12-6-7-13(15)11(9-12)8-10-4-2-1-3-5-10/h1-20H,21H2;1-7,9,15H,8H2/q+1;/p-1. The molecule has 0 saturated heterocycles. The first-order valence-corrected chi connectivity index (χ1v) is 16.1. The van der Waals surface area contributed by atoms with E-state index in [1.54, 1.807) is 12.1 Å². The molecule has 0 aromatic heterocycles. The molecule has 0 bridgehead atoms. The Hall–Kier alpha value is -4.16. The maximum atomic E-state index is 11.5. The van der Waals surface area contributed by atoms with E-state index < -0.39 is 7.26 Å². The molecule has 202 valence electrons. The highest BCUT2D eigenvalue weighted by atomic mass is 35.5. The molecule has 0 radical (unpaired) electrons. The minimum Gasteiger partial charge on any atom is -0.872 e.